The van der Waals surface area contributed by atoms with E-state index >= 15 is 0 Å². The van der Waals surface area contributed by atoms with Crippen LogP contribution in [-0.4, -0.2) is 41.3 Å². The zero-order valence-corrected chi connectivity index (χ0v) is 19.3. The van der Waals surface area contributed by atoms with E-state index in [0.717, 1.165) is 5.56 Å². The summed E-state index contributed by atoms with van der Waals surface area (Å²) in [5.41, 5.74) is 0.853. The molecule has 1 aliphatic heterocycles. The number of carbonyl (C=O) groups is 1. The topological polar surface area (TPSA) is 84.3 Å². The largest absolute Gasteiger partial charge is 0.342 e. The molecular weight excluding hydrogens is 456 g/mol. The fraction of sp³-hybridized carbons (Fsp3) is 0.333. The molecule has 0 unspecified atom stereocenters. The van der Waals surface area contributed by atoms with Crippen molar-refractivity contribution < 1.29 is 13.2 Å². The molecule has 1 aromatic carbocycles. The van der Waals surface area contributed by atoms with Crippen LogP contribution in [0, 0.1) is 5.92 Å². The van der Waals surface area contributed by atoms with Crippen molar-refractivity contribution in [1.29, 1.82) is 0 Å². The van der Waals surface area contributed by atoms with Crippen molar-refractivity contribution in [1.82, 2.24) is 19.2 Å². The quantitative estimate of drug-likeness (QED) is 0.588. The Labute approximate surface area is 190 Å². The fourth-order valence-corrected chi connectivity index (χ4v) is 6.57. The summed E-state index contributed by atoms with van der Waals surface area (Å²) in [6, 6.07) is 10.1. The van der Waals surface area contributed by atoms with Crippen LogP contribution < -0.4 is 5.32 Å². The number of hydrogen-bond acceptors (Lipinski definition) is 5. The highest BCUT2D eigenvalue weighted by atomic mass is 35.5. The van der Waals surface area contributed by atoms with Gasteiger partial charge in [-0.2, -0.15) is 4.31 Å². The number of rotatable bonds is 6. The number of aromatic nitrogens is 2. The zero-order chi connectivity index (χ0) is 22.0. The highest BCUT2D eigenvalue weighted by Crippen LogP contribution is 2.28. The van der Waals surface area contributed by atoms with Gasteiger partial charge < -0.3 is 9.88 Å². The molecule has 4 rings (SSSR count). The van der Waals surface area contributed by atoms with Crippen LogP contribution in [0.15, 0.2) is 58.4 Å². The first-order valence-electron chi connectivity index (χ1n) is 9.93. The van der Waals surface area contributed by atoms with Crippen LogP contribution in [0.3, 0.4) is 0 Å². The standard InChI is InChI=1S/C21H23ClN4O3S2/c1-25-12-10-23-20(25)19(15-6-8-17(22)9-7-15)24-21(27)16-4-2-11-26(14-16)31(28,29)18-5-3-13-30-18/h3,5-10,12-13,16,19H,2,4,11,14H2,1H3,(H,24,27)/t16-,19-/m0/s1. The van der Waals surface area contributed by atoms with Crippen LogP contribution in [-0.2, 0) is 21.9 Å². The first kappa shape index (κ1) is 22.0. The van der Waals surface area contributed by atoms with Crippen LogP contribution in [0.4, 0.5) is 0 Å². The smallest absolute Gasteiger partial charge is 0.252 e. The number of halogens is 1. The third kappa shape index (κ3) is 4.69. The van der Waals surface area contributed by atoms with Gasteiger partial charge in [0.05, 0.1) is 5.92 Å². The SMILES string of the molecule is Cn1ccnc1[C@@H](NC(=O)[C@H]1CCCN(S(=O)(=O)c2cccs2)C1)c1ccc(Cl)cc1. The normalized spacial score (nSPS) is 18.6. The molecule has 3 aromatic rings. The van der Waals surface area contributed by atoms with Crippen molar-refractivity contribution in [2.75, 3.05) is 13.1 Å². The molecule has 2 atom stereocenters. The second-order valence-electron chi connectivity index (χ2n) is 7.52. The Morgan fingerprint density at radius 2 is 2.06 bits per heavy atom. The van der Waals surface area contributed by atoms with Crippen LogP contribution in [0.5, 0.6) is 0 Å². The number of aryl methyl sites for hydroxylation is 1. The van der Waals surface area contributed by atoms with Crippen molar-refractivity contribution >= 4 is 38.9 Å². The minimum atomic E-state index is -3.58. The van der Waals surface area contributed by atoms with E-state index in [2.05, 4.69) is 10.3 Å². The Hall–Kier alpha value is -2.20. The number of imidazole rings is 1. The van der Waals surface area contributed by atoms with Gasteiger partial charge in [-0.3, -0.25) is 4.79 Å². The van der Waals surface area contributed by atoms with Gasteiger partial charge in [0, 0.05) is 37.6 Å². The van der Waals surface area contributed by atoms with Crippen LogP contribution >= 0.6 is 22.9 Å². The molecule has 1 saturated heterocycles. The lowest BCUT2D eigenvalue weighted by molar-refractivity contribution is -0.126. The van der Waals surface area contributed by atoms with Crippen molar-refractivity contribution in [3.05, 3.63) is 70.6 Å². The van der Waals surface area contributed by atoms with Crippen LogP contribution in [0.2, 0.25) is 5.02 Å². The van der Waals surface area contributed by atoms with Crippen molar-refractivity contribution in [2.24, 2.45) is 13.0 Å². The van der Waals surface area contributed by atoms with Crippen molar-refractivity contribution in [2.45, 2.75) is 23.1 Å². The Bertz CT molecular complexity index is 1140. The molecule has 0 saturated carbocycles. The van der Waals surface area contributed by atoms with Gasteiger partial charge in [0.25, 0.3) is 10.0 Å². The molecule has 1 N–H and O–H groups in total. The average molecular weight is 479 g/mol. The minimum Gasteiger partial charge on any atom is -0.342 e. The average Bonchev–Trinajstić information content (AvgIpc) is 3.45. The molecule has 0 radical (unpaired) electrons. The number of hydrogen-bond donors (Lipinski definition) is 1. The van der Waals surface area contributed by atoms with Gasteiger partial charge >= 0.3 is 0 Å². The van der Waals surface area contributed by atoms with Crippen LogP contribution in [0.25, 0.3) is 0 Å². The Morgan fingerprint density at radius 3 is 2.71 bits per heavy atom. The summed E-state index contributed by atoms with van der Waals surface area (Å²) in [6.07, 6.45) is 4.77. The molecule has 31 heavy (non-hydrogen) atoms. The summed E-state index contributed by atoms with van der Waals surface area (Å²) in [5.74, 6) is 0.0714. The van der Waals surface area contributed by atoms with Gasteiger partial charge in [-0.05, 0) is 42.0 Å². The fourth-order valence-electron chi connectivity index (χ4n) is 3.78. The third-order valence-electron chi connectivity index (χ3n) is 5.45. The monoisotopic (exact) mass is 478 g/mol. The van der Waals surface area contributed by atoms with E-state index < -0.39 is 22.0 Å². The lowest BCUT2D eigenvalue weighted by Gasteiger charge is -2.32. The number of piperidine rings is 1. The number of nitrogens with zero attached hydrogens (tertiary/aromatic N) is 3. The molecule has 10 heteroatoms. The summed E-state index contributed by atoms with van der Waals surface area (Å²) in [4.78, 5) is 17.6. The number of sulfonamides is 1. The molecule has 1 fully saturated rings. The molecule has 0 bridgehead atoms. The zero-order valence-electron chi connectivity index (χ0n) is 16.9. The number of carbonyl (C=O) groups excluding carboxylic acids is 1. The van der Waals surface area contributed by atoms with Gasteiger partial charge in [-0.1, -0.05) is 29.8 Å². The van der Waals surface area contributed by atoms with Crippen molar-refractivity contribution in [3.63, 3.8) is 0 Å². The van der Waals surface area contributed by atoms with E-state index in [1.165, 1.54) is 15.6 Å². The molecular formula is C21H23ClN4O3S2. The maximum Gasteiger partial charge on any atom is 0.252 e. The second-order valence-corrected chi connectivity index (χ2v) is 11.1. The van der Waals surface area contributed by atoms with E-state index in [1.54, 1.807) is 35.8 Å². The number of nitrogens with one attached hydrogen (secondary N) is 1. The number of amides is 1. The summed E-state index contributed by atoms with van der Waals surface area (Å²) >= 11 is 7.22. The Balaban J connectivity index is 1.54. The van der Waals surface area contributed by atoms with E-state index in [0.29, 0.717) is 34.4 Å². The molecule has 0 spiro atoms. The highest BCUT2D eigenvalue weighted by molar-refractivity contribution is 7.91. The summed E-state index contributed by atoms with van der Waals surface area (Å²) in [6.45, 7) is 0.587. The molecule has 1 amide bonds. The molecule has 1 aliphatic rings. The van der Waals surface area contributed by atoms with E-state index in [1.807, 2.05) is 29.9 Å². The summed E-state index contributed by atoms with van der Waals surface area (Å²) in [7, 11) is -1.71. The molecule has 3 heterocycles. The number of benzene rings is 1. The molecule has 7 nitrogen and oxygen atoms in total. The van der Waals surface area contributed by atoms with E-state index in [9.17, 15) is 13.2 Å². The number of thiophene rings is 1. The predicted octanol–water partition coefficient (Wildman–Crippen LogP) is 3.44. The van der Waals surface area contributed by atoms with Crippen molar-refractivity contribution in [3.8, 4) is 0 Å². The predicted molar refractivity (Wildman–Crippen MR) is 120 cm³/mol. The minimum absolute atomic E-state index is 0.167. The van der Waals surface area contributed by atoms with Gasteiger partial charge in [0.2, 0.25) is 5.91 Å². The van der Waals surface area contributed by atoms with Gasteiger partial charge in [0.1, 0.15) is 16.1 Å². The summed E-state index contributed by atoms with van der Waals surface area (Å²) < 4.78 is 29.4. The Morgan fingerprint density at radius 1 is 1.29 bits per heavy atom. The van der Waals surface area contributed by atoms with Gasteiger partial charge in [-0.15, -0.1) is 11.3 Å². The molecule has 0 aliphatic carbocycles. The summed E-state index contributed by atoms with van der Waals surface area (Å²) in [5, 5.41) is 5.44. The van der Waals surface area contributed by atoms with E-state index in [4.69, 9.17) is 11.6 Å². The lowest BCUT2D eigenvalue weighted by Crippen LogP contribution is -2.46. The third-order valence-corrected chi connectivity index (χ3v) is 8.94. The maximum absolute atomic E-state index is 13.2. The Kier molecular flexibility index (Phi) is 6.47. The van der Waals surface area contributed by atoms with Gasteiger partial charge in [0.15, 0.2) is 0 Å². The molecule has 2 aromatic heterocycles. The first-order chi connectivity index (χ1) is 14.9. The van der Waals surface area contributed by atoms with Crippen LogP contribution in [0.1, 0.15) is 30.3 Å². The first-order valence-corrected chi connectivity index (χ1v) is 12.6. The second kappa shape index (κ2) is 9.12. The lowest BCUT2D eigenvalue weighted by atomic mass is 9.97. The molecule has 164 valence electrons. The van der Waals surface area contributed by atoms with E-state index in [-0.39, 0.29) is 12.5 Å². The maximum atomic E-state index is 13.2. The van der Waals surface area contributed by atoms with Gasteiger partial charge in [-0.25, -0.2) is 13.4 Å². The highest BCUT2D eigenvalue weighted by Gasteiger charge is 2.35.